The Morgan fingerprint density at radius 3 is 2.88 bits per heavy atom. The monoisotopic (exact) mass is 241 g/mol. The molecule has 0 radical (unpaired) electrons. The predicted molar refractivity (Wildman–Crippen MR) is 63.2 cm³/mol. The number of hydrogen-bond donors (Lipinski definition) is 2. The number of rotatable bonds is 7. The van der Waals surface area contributed by atoms with E-state index in [0.29, 0.717) is 30.4 Å². The highest BCUT2D eigenvalue weighted by molar-refractivity contribution is 5.86. The van der Waals surface area contributed by atoms with Crippen LogP contribution in [0.15, 0.2) is 10.5 Å². The maximum absolute atomic E-state index is 10.8. The van der Waals surface area contributed by atoms with Crippen LogP contribution in [0.1, 0.15) is 28.8 Å². The number of hydrogen-bond acceptors (Lipinski definition) is 4. The van der Waals surface area contributed by atoms with Crippen LogP contribution in [-0.4, -0.2) is 31.3 Å². The molecule has 5 nitrogen and oxygen atoms in total. The third kappa shape index (κ3) is 4.20. The molecule has 0 saturated heterocycles. The number of methoxy groups -OCH3 is 1. The van der Waals surface area contributed by atoms with Gasteiger partial charge in [0.05, 0.1) is 6.54 Å². The number of carboxylic acid groups (broad SMARTS) is 1. The van der Waals surface area contributed by atoms with Crippen molar-refractivity contribution in [2.45, 2.75) is 20.4 Å². The molecule has 0 fully saturated rings. The predicted octanol–water partition coefficient (Wildman–Crippen LogP) is 1.66. The summed E-state index contributed by atoms with van der Waals surface area (Å²) in [6.07, 6.45) is 0. The molecule has 17 heavy (non-hydrogen) atoms. The second-order valence-electron chi connectivity index (χ2n) is 4.22. The fourth-order valence-corrected chi connectivity index (χ4v) is 1.63. The van der Waals surface area contributed by atoms with Gasteiger partial charge in [0.25, 0.3) is 0 Å². The summed E-state index contributed by atoms with van der Waals surface area (Å²) in [5.41, 5.74) is 0.652. The van der Waals surface area contributed by atoms with Crippen LogP contribution in [0.2, 0.25) is 0 Å². The topological polar surface area (TPSA) is 71.7 Å². The van der Waals surface area contributed by atoms with Gasteiger partial charge in [-0.05, 0) is 18.9 Å². The van der Waals surface area contributed by atoms with E-state index in [2.05, 4.69) is 12.2 Å². The SMILES string of the molecule is COCC(C)CNCc1cc(C)c(C(=O)O)o1. The Labute approximate surface area is 101 Å². The maximum atomic E-state index is 10.8. The lowest BCUT2D eigenvalue weighted by molar-refractivity contribution is 0.0659. The number of aromatic carboxylic acids is 1. The molecule has 0 aliphatic rings. The summed E-state index contributed by atoms with van der Waals surface area (Å²) < 4.78 is 10.2. The Bertz CT molecular complexity index is 373. The van der Waals surface area contributed by atoms with Crippen molar-refractivity contribution in [2.24, 2.45) is 5.92 Å². The average Bonchev–Trinajstić information content (AvgIpc) is 2.60. The molecule has 0 bridgehead atoms. The van der Waals surface area contributed by atoms with Crippen molar-refractivity contribution >= 4 is 5.97 Å². The Hall–Kier alpha value is -1.33. The molecule has 1 aromatic rings. The van der Waals surface area contributed by atoms with Gasteiger partial charge in [0, 0.05) is 25.8 Å². The summed E-state index contributed by atoms with van der Waals surface area (Å²) in [7, 11) is 1.67. The van der Waals surface area contributed by atoms with Gasteiger partial charge in [-0.25, -0.2) is 4.79 Å². The van der Waals surface area contributed by atoms with Crippen molar-refractivity contribution in [3.63, 3.8) is 0 Å². The number of carboxylic acids is 1. The number of furan rings is 1. The Morgan fingerprint density at radius 1 is 1.65 bits per heavy atom. The molecule has 0 amide bonds. The maximum Gasteiger partial charge on any atom is 0.372 e. The average molecular weight is 241 g/mol. The first-order chi connectivity index (χ1) is 8.04. The van der Waals surface area contributed by atoms with Crippen molar-refractivity contribution in [1.82, 2.24) is 5.32 Å². The molecule has 0 aromatic carbocycles. The van der Waals surface area contributed by atoms with E-state index in [9.17, 15) is 4.79 Å². The Balaban J connectivity index is 2.42. The molecule has 1 atom stereocenters. The highest BCUT2D eigenvalue weighted by Crippen LogP contribution is 2.14. The van der Waals surface area contributed by atoms with Crippen LogP contribution >= 0.6 is 0 Å². The molecule has 2 N–H and O–H groups in total. The summed E-state index contributed by atoms with van der Waals surface area (Å²) in [6.45, 7) is 5.83. The van der Waals surface area contributed by atoms with Gasteiger partial charge in [-0.3, -0.25) is 0 Å². The van der Waals surface area contributed by atoms with E-state index in [4.69, 9.17) is 14.3 Å². The minimum Gasteiger partial charge on any atom is -0.475 e. The quantitative estimate of drug-likeness (QED) is 0.759. The normalized spacial score (nSPS) is 12.6. The zero-order valence-corrected chi connectivity index (χ0v) is 10.4. The number of aryl methyl sites for hydroxylation is 1. The van der Waals surface area contributed by atoms with Gasteiger partial charge in [-0.2, -0.15) is 0 Å². The smallest absolute Gasteiger partial charge is 0.372 e. The van der Waals surface area contributed by atoms with Crippen LogP contribution in [-0.2, 0) is 11.3 Å². The van der Waals surface area contributed by atoms with Crippen molar-refractivity contribution in [2.75, 3.05) is 20.3 Å². The van der Waals surface area contributed by atoms with E-state index in [1.807, 2.05) is 0 Å². The first-order valence-corrected chi connectivity index (χ1v) is 5.56. The Morgan fingerprint density at radius 2 is 2.35 bits per heavy atom. The lowest BCUT2D eigenvalue weighted by atomic mass is 10.2. The fourth-order valence-electron chi connectivity index (χ4n) is 1.63. The zero-order chi connectivity index (χ0) is 12.8. The van der Waals surface area contributed by atoms with Crippen LogP contribution in [0.4, 0.5) is 0 Å². The van der Waals surface area contributed by atoms with Gasteiger partial charge in [-0.1, -0.05) is 6.92 Å². The van der Waals surface area contributed by atoms with Crippen molar-refractivity contribution < 1.29 is 19.1 Å². The van der Waals surface area contributed by atoms with E-state index in [0.717, 1.165) is 6.54 Å². The number of ether oxygens (including phenoxy) is 1. The first-order valence-electron chi connectivity index (χ1n) is 5.56. The second-order valence-corrected chi connectivity index (χ2v) is 4.22. The molecule has 96 valence electrons. The van der Waals surface area contributed by atoms with Crippen LogP contribution in [0.3, 0.4) is 0 Å². The molecule has 0 spiro atoms. The molecule has 1 aromatic heterocycles. The van der Waals surface area contributed by atoms with Crippen LogP contribution in [0.5, 0.6) is 0 Å². The summed E-state index contributed by atoms with van der Waals surface area (Å²) in [4.78, 5) is 10.8. The van der Waals surface area contributed by atoms with Gasteiger partial charge in [0.1, 0.15) is 5.76 Å². The largest absolute Gasteiger partial charge is 0.475 e. The minimum absolute atomic E-state index is 0.0201. The molecular formula is C12H19NO4. The minimum atomic E-state index is -1.03. The first kappa shape index (κ1) is 13.7. The summed E-state index contributed by atoms with van der Waals surface area (Å²) in [5, 5.41) is 12.0. The van der Waals surface area contributed by atoms with Crippen molar-refractivity contribution in [3.8, 4) is 0 Å². The molecule has 0 aliphatic heterocycles. The molecule has 1 rings (SSSR count). The summed E-state index contributed by atoms with van der Waals surface area (Å²) in [5.74, 6) is 0.0489. The third-order valence-corrected chi connectivity index (χ3v) is 2.41. The van der Waals surface area contributed by atoms with E-state index in [-0.39, 0.29) is 5.76 Å². The van der Waals surface area contributed by atoms with E-state index >= 15 is 0 Å². The third-order valence-electron chi connectivity index (χ3n) is 2.41. The van der Waals surface area contributed by atoms with Gasteiger partial charge < -0.3 is 19.6 Å². The fraction of sp³-hybridized carbons (Fsp3) is 0.583. The highest BCUT2D eigenvalue weighted by Gasteiger charge is 2.13. The highest BCUT2D eigenvalue weighted by atomic mass is 16.5. The van der Waals surface area contributed by atoms with Gasteiger partial charge >= 0.3 is 5.97 Å². The number of carbonyl (C=O) groups is 1. The van der Waals surface area contributed by atoms with E-state index in [1.165, 1.54) is 0 Å². The molecular weight excluding hydrogens is 222 g/mol. The van der Waals surface area contributed by atoms with Crippen molar-refractivity contribution in [1.29, 1.82) is 0 Å². The van der Waals surface area contributed by atoms with Crippen LogP contribution in [0, 0.1) is 12.8 Å². The lowest BCUT2D eigenvalue weighted by Crippen LogP contribution is -2.23. The molecule has 0 aliphatic carbocycles. The van der Waals surface area contributed by atoms with Gasteiger partial charge in [0.2, 0.25) is 5.76 Å². The van der Waals surface area contributed by atoms with Crippen LogP contribution in [0.25, 0.3) is 0 Å². The molecule has 1 unspecified atom stereocenters. The van der Waals surface area contributed by atoms with Crippen LogP contribution < -0.4 is 5.32 Å². The lowest BCUT2D eigenvalue weighted by Gasteiger charge is -2.10. The van der Waals surface area contributed by atoms with E-state index < -0.39 is 5.97 Å². The summed E-state index contributed by atoms with van der Waals surface area (Å²) in [6, 6.07) is 1.75. The molecule has 5 heteroatoms. The molecule has 0 saturated carbocycles. The van der Waals surface area contributed by atoms with Crippen molar-refractivity contribution in [3.05, 3.63) is 23.2 Å². The molecule has 1 heterocycles. The Kier molecular flexibility index (Phi) is 5.18. The summed E-state index contributed by atoms with van der Waals surface area (Å²) >= 11 is 0. The van der Waals surface area contributed by atoms with Gasteiger partial charge in [0.15, 0.2) is 0 Å². The second kappa shape index (κ2) is 6.42. The van der Waals surface area contributed by atoms with Gasteiger partial charge in [-0.15, -0.1) is 0 Å². The zero-order valence-electron chi connectivity index (χ0n) is 10.4. The standard InChI is InChI=1S/C12H19NO4/c1-8(7-16-3)5-13-6-10-4-9(2)11(17-10)12(14)15/h4,8,13H,5-7H2,1-3H3,(H,14,15). The van der Waals surface area contributed by atoms with E-state index in [1.54, 1.807) is 20.1 Å². The number of nitrogens with one attached hydrogen (secondary N) is 1.